The van der Waals surface area contributed by atoms with Crippen LogP contribution in [0.15, 0.2) is 53.6 Å². The van der Waals surface area contributed by atoms with Crippen molar-refractivity contribution in [2.75, 3.05) is 19.1 Å². The van der Waals surface area contributed by atoms with Gasteiger partial charge in [0.15, 0.2) is 11.5 Å². The highest BCUT2D eigenvalue weighted by atomic mass is 16.5. The van der Waals surface area contributed by atoms with Gasteiger partial charge < -0.3 is 9.47 Å². The van der Waals surface area contributed by atoms with E-state index < -0.39 is 0 Å². The zero-order chi connectivity index (χ0) is 14.9. The normalized spacial score (nSPS) is 10.6. The lowest BCUT2D eigenvalue weighted by Gasteiger charge is -2.12. The molecule has 2 aromatic rings. The summed E-state index contributed by atoms with van der Waals surface area (Å²) in [6.45, 7) is 2.72. The second-order valence-corrected chi connectivity index (χ2v) is 4.46. The summed E-state index contributed by atoms with van der Waals surface area (Å²) in [5.74, 6) is 1.44. The van der Waals surface area contributed by atoms with Crippen molar-refractivity contribution in [1.29, 1.82) is 0 Å². The molecule has 110 valence electrons. The summed E-state index contributed by atoms with van der Waals surface area (Å²) in [6.07, 6.45) is 2.68. The van der Waals surface area contributed by atoms with Crippen molar-refractivity contribution < 1.29 is 9.47 Å². The number of rotatable bonds is 7. The van der Waals surface area contributed by atoms with Crippen molar-refractivity contribution in [3.05, 3.63) is 54.1 Å². The molecule has 0 unspecified atom stereocenters. The maximum atomic E-state index is 5.77. The molecule has 0 radical (unpaired) electrons. The van der Waals surface area contributed by atoms with Gasteiger partial charge >= 0.3 is 0 Å². The van der Waals surface area contributed by atoms with Gasteiger partial charge in [0.25, 0.3) is 0 Å². The average molecular weight is 284 g/mol. The summed E-state index contributed by atoms with van der Waals surface area (Å²) in [4.78, 5) is 0. The third-order valence-electron chi connectivity index (χ3n) is 2.85. The fourth-order valence-electron chi connectivity index (χ4n) is 1.84. The molecule has 1 N–H and O–H groups in total. The highest BCUT2D eigenvalue weighted by molar-refractivity contribution is 5.85. The van der Waals surface area contributed by atoms with Gasteiger partial charge in [-0.05, 0) is 30.7 Å². The van der Waals surface area contributed by atoms with E-state index in [0.29, 0.717) is 12.4 Å². The first-order valence-electron chi connectivity index (χ1n) is 6.99. The third kappa shape index (κ3) is 4.24. The van der Waals surface area contributed by atoms with Gasteiger partial charge in [0.05, 0.1) is 25.6 Å². The van der Waals surface area contributed by atoms with Gasteiger partial charge in [0.2, 0.25) is 0 Å². The molecule has 0 aromatic heterocycles. The number of nitrogens with one attached hydrogen (secondary N) is 1. The summed E-state index contributed by atoms with van der Waals surface area (Å²) < 4.78 is 11.1. The van der Waals surface area contributed by atoms with E-state index in [1.165, 1.54) is 0 Å². The molecule has 0 amide bonds. The molecule has 2 aromatic carbocycles. The standard InChI is InChI=1S/C17H20N2O2/c1-3-12-21-17-14(8-7-11-16(17)20-2)13-18-19-15-9-5-4-6-10-15/h4-11,13,19H,3,12H2,1-2H3. The molecule has 0 bridgehead atoms. The highest BCUT2D eigenvalue weighted by Crippen LogP contribution is 2.30. The molecule has 0 atom stereocenters. The number of hydrogen-bond donors (Lipinski definition) is 1. The fraction of sp³-hybridized carbons (Fsp3) is 0.235. The van der Waals surface area contributed by atoms with Crippen molar-refractivity contribution in [3.8, 4) is 11.5 Å². The van der Waals surface area contributed by atoms with Crippen LogP contribution in [0.3, 0.4) is 0 Å². The summed E-state index contributed by atoms with van der Waals surface area (Å²) in [5, 5.41) is 4.25. The zero-order valence-electron chi connectivity index (χ0n) is 12.4. The Morgan fingerprint density at radius 1 is 1.10 bits per heavy atom. The Bertz CT molecular complexity index is 583. The van der Waals surface area contributed by atoms with Crippen molar-refractivity contribution >= 4 is 11.9 Å². The third-order valence-corrected chi connectivity index (χ3v) is 2.85. The number of hydrogen-bond acceptors (Lipinski definition) is 4. The van der Waals surface area contributed by atoms with E-state index in [1.54, 1.807) is 13.3 Å². The fourth-order valence-corrected chi connectivity index (χ4v) is 1.84. The summed E-state index contributed by atoms with van der Waals surface area (Å²) in [5.41, 5.74) is 4.81. The molecule has 0 fully saturated rings. The number of methoxy groups -OCH3 is 1. The van der Waals surface area contributed by atoms with Crippen LogP contribution >= 0.6 is 0 Å². The van der Waals surface area contributed by atoms with Crippen LogP contribution in [0.4, 0.5) is 5.69 Å². The maximum Gasteiger partial charge on any atom is 0.169 e. The Morgan fingerprint density at radius 2 is 1.90 bits per heavy atom. The minimum atomic E-state index is 0.646. The first-order valence-corrected chi connectivity index (χ1v) is 6.99. The molecule has 0 saturated heterocycles. The van der Waals surface area contributed by atoms with Crippen LogP contribution in [0, 0.1) is 0 Å². The molecule has 4 heteroatoms. The number of para-hydroxylation sites is 2. The molecule has 4 nitrogen and oxygen atoms in total. The van der Waals surface area contributed by atoms with Gasteiger partial charge in [-0.25, -0.2) is 0 Å². The van der Waals surface area contributed by atoms with Crippen LogP contribution in [0.5, 0.6) is 11.5 Å². The van der Waals surface area contributed by atoms with Crippen molar-refractivity contribution in [1.82, 2.24) is 0 Å². The monoisotopic (exact) mass is 284 g/mol. The van der Waals surface area contributed by atoms with Gasteiger partial charge in [-0.15, -0.1) is 0 Å². The molecular weight excluding hydrogens is 264 g/mol. The molecule has 0 aliphatic heterocycles. The SMILES string of the molecule is CCCOc1c(C=NNc2ccccc2)cccc1OC. The van der Waals surface area contributed by atoms with Gasteiger partial charge in [-0.1, -0.05) is 31.2 Å². The van der Waals surface area contributed by atoms with Crippen molar-refractivity contribution in [2.24, 2.45) is 5.10 Å². The van der Waals surface area contributed by atoms with Crippen LogP contribution in [0.1, 0.15) is 18.9 Å². The molecule has 0 aliphatic rings. The Balaban J connectivity index is 2.14. The Morgan fingerprint density at radius 3 is 2.62 bits per heavy atom. The summed E-state index contributed by atoms with van der Waals surface area (Å²) in [6, 6.07) is 15.5. The predicted octanol–water partition coefficient (Wildman–Crippen LogP) is 3.93. The number of anilines is 1. The quantitative estimate of drug-likeness (QED) is 0.619. The summed E-state index contributed by atoms with van der Waals surface area (Å²) >= 11 is 0. The van der Waals surface area contributed by atoms with Crippen LogP contribution < -0.4 is 14.9 Å². The van der Waals surface area contributed by atoms with Crippen LogP contribution in [-0.2, 0) is 0 Å². The topological polar surface area (TPSA) is 42.8 Å². The first kappa shape index (κ1) is 14.9. The smallest absolute Gasteiger partial charge is 0.169 e. The average Bonchev–Trinajstić information content (AvgIpc) is 2.54. The Hall–Kier alpha value is -2.49. The van der Waals surface area contributed by atoms with Crippen LogP contribution in [-0.4, -0.2) is 19.9 Å². The molecule has 0 aliphatic carbocycles. The number of nitrogens with zero attached hydrogens (tertiary/aromatic N) is 1. The minimum Gasteiger partial charge on any atom is -0.493 e. The minimum absolute atomic E-state index is 0.646. The van der Waals surface area contributed by atoms with Crippen molar-refractivity contribution in [2.45, 2.75) is 13.3 Å². The number of hydrazone groups is 1. The highest BCUT2D eigenvalue weighted by Gasteiger charge is 2.08. The Kier molecular flexibility index (Phi) is 5.64. The van der Waals surface area contributed by atoms with Gasteiger partial charge in [-0.2, -0.15) is 5.10 Å². The predicted molar refractivity (Wildman–Crippen MR) is 86.4 cm³/mol. The maximum absolute atomic E-state index is 5.77. The first-order chi connectivity index (χ1) is 10.3. The van der Waals surface area contributed by atoms with E-state index in [2.05, 4.69) is 17.5 Å². The van der Waals surface area contributed by atoms with E-state index in [-0.39, 0.29) is 0 Å². The molecule has 0 heterocycles. The lowest BCUT2D eigenvalue weighted by atomic mass is 10.2. The van der Waals surface area contributed by atoms with Gasteiger partial charge in [0.1, 0.15) is 0 Å². The van der Waals surface area contributed by atoms with E-state index in [9.17, 15) is 0 Å². The molecule has 21 heavy (non-hydrogen) atoms. The second-order valence-electron chi connectivity index (χ2n) is 4.46. The van der Waals surface area contributed by atoms with Gasteiger partial charge in [0, 0.05) is 5.56 Å². The van der Waals surface area contributed by atoms with E-state index >= 15 is 0 Å². The van der Waals surface area contributed by atoms with E-state index in [4.69, 9.17) is 9.47 Å². The van der Waals surface area contributed by atoms with E-state index in [1.807, 2.05) is 48.5 Å². The largest absolute Gasteiger partial charge is 0.493 e. The summed E-state index contributed by atoms with van der Waals surface area (Å²) in [7, 11) is 1.64. The van der Waals surface area contributed by atoms with Crippen LogP contribution in [0.2, 0.25) is 0 Å². The lowest BCUT2D eigenvalue weighted by molar-refractivity contribution is 0.294. The van der Waals surface area contributed by atoms with Gasteiger partial charge in [-0.3, -0.25) is 5.43 Å². The Labute approximate surface area is 125 Å². The molecule has 0 spiro atoms. The second kappa shape index (κ2) is 7.94. The van der Waals surface area contributed by atoms with Crippen molar-refractivity contribution in [3.63, 3.8) is 0 Å². The zero-order valence-corrected chi connectivity index (χ0v) is 12.4. The van der Waals surface area contributed by atoms with E-state index in [0.717, 1.165) is 23.4 Å². The molecular formula is C17H20N2O2. The number of ether oxygens (including phenoxy) is 2. The van der Waals surface area contributed by atoms with Crippen LogP contribution in [0.25, 0.3) is 0 Å². The number of benzene rings is 2. The lowest BCUT2D eigenvalue weighted by Crippen LogP contribution is -2.01. The molecule has 0 saturated carbocycles. The molecule has 2 rings (SSSR count).